The highest BCUT2D eigenvalue weighted by Gasteiger charge is 2.54. The summed E-state index contributed by atoms with van der Waals surface area (Å²) in [7, 11) is 0. The van der Waals surface area contributed by atoms with Gasteiger partial charge in [-0.3, -0.25) is 4.79 Å². The summed E-state index contributed by atoms with van der Waals surface area (Å²) in [6, 6.07) is 0.447. The van der Waals surface area contributed by atoms with Crippen molar-refractivity contribution in [3.63, 3.8) is 0 Å². The van der Waals surface area contributed by atoms with Crippen LogP contribution in [-0.4, -0.2) is 17.5 Å². The predicted molar refractivity (Wildman–Crippen MR) is 69.7 cm³/mol. The van der Waals surface area contributed by atoms with Crippen molar-refractivity contribution in [1.82, 2.24) is 5.32 Å². The summed E-state index contributed by atoms with van der Waals surface area (Å²) >= 11 is 0. The molecule has 3 heteroatoms. The molecule has 2 bridgehead atoms. The lowest BCUT2D eigenvalue weighted by Crippen LogP contribution is -2.61. The molecule has 4 rings (SSSR count). The van der Waals surface area contributed by atoms with E-state index >= 15 is 0 Å². The van der Waals surface area contributed by atoms with E-state index in [2.05, 4.69) is 5.32 Å². The first-order valence-electron chi connectivity index (χ1n) is 7.77. The molecule has 0 radical (unpaired) electrons. The van der Waals surface area contributed by atoms with Crippen LogP contribution in [0.15, 0.2) is 0 Å². The van der Waals surface area contributed by atoms with Gasteiger partial charge in [-0.25, -0.2) is 0 Å². The van der Waals surface area contributed by atoms with Crippen molar-refractivity contribution in [3.05, 3.63) is 0 Å². The van der Waals surface area contributed by atoms with Crippen LogP contribution >= 0.6 is 0 Å². The van der Waals surface area contributed by atoms with Crippen molar-refractivity contribution in [3.8, 4) is 0 Å². The molecule has 1 amide bonds. The van der Waals surface area contributed by atoms with Gasteiger partial charge in [-0.2, -0.15) is 0 Å². The van der Waals surface area contributed by atoms with Gasteiger partial charge in [0, 0.05) is 6.04 Å². The number of nitrogens with one attached hydrogen (secondary N) is 1. The highest BCUT2D eigenvalue weighted by molar-refractivity contribution is 5.87. The first-order valence-corrected chi connectivity index (χ1v) is 7.77. The minimum atomic E-state index is -0.517. The van der Waals surface area contributed by atoms with Gasteiger partial charge < -0.3 is 11.1 Å². The SMILES string of the molecule is NC1(C(=O)NC2CC3CC2C2CCCC32)CCC1. The van der Waals surface area contributed by atoms with Crippen LogP contribution in [0.1, 0.15) is 51.4 Å². The number of carbonyl (C=O) groups is 1. The maximum absolute atomic E-state index is 12.2. The summed E-state index contributed by atoms with van der Waals surface area (Å²) in [5.74, 6) is 3.74. The Kier molecular flexibility index (Phi) is 2.33. The Morgan fingerprint density at radius 1 is 1.06 bits per heavy atom. The summed E-state index contributed by atoms with van der Waals surface area (Å²) in [5, 5.41) is 3.30. The third-order valence-corrected chi connectivity index (χ3v) is 6.44. The quantitative estimate of drug-likeness (QED) is 0.783. The van der Waals surface area contributed by atoms with Gasteiger partial charge in [0.05, 0.1) is 5.54 Å². The Labute approximate surface area is 109 Å². The van der Waals surface area contributed by atoms with Gasteiger partial charge in [0.1, 0.15) is 0 Å². The largest absolute Gasteiger partial charge is 0.351 e. The summed E-state index contributed by atoms with van der Waals surface area (Å²) in [6.07, 6.45) is 9.76. The van der Waals surface area contributed by atoms with Crippen LogP contribution in [0.3, 0.4) is 0 Å². The topological polar surface area (TPSA) is 55.1 Å². The van der Waals surface area contributed by atoms with E-state index in [4.69, 9.17) is 5.73 Å². The van der Waals surface area contributed by atoms with Crippen LogP contribution in [0.25, 0.3) is 0 Å². The molecule has 3 nitrogen and oxygen atoms in total. The van der Waals surface area contributed by atoms with Crippen molar-refractivity contribution < 1.29 is 4.79 Å². The van der Waals surface area contributed by atoms with E-state index in [0.717, 1.165) is 42.9 Å². The number of hydrogen-bond donors (Lipinski definition) is 2. The highest BCUT2D eigenvalue weighted by Crippen LogP contribution is 2.58. The lowest BCUT2D eigenvalue weighted by Gasteiger charge is -2.39. The van der Waals surface area contributed by atoms with Crippen LogP contribution < -0.4 is 11.1 Å². The Morgan fingerprint density at radius 2 is 1.83 bits per heavy atom. The Balaban J connectivity index is 1.43. The second kappa shape index (κ2) is 3.72. The van der Waals surface area contributed by atoms with Crippen LogP contribution in [0, 0.1) is 23.7 Å². The molecule has 0 aromatic heterocycles. The summed E-state index contributed by atoms with van der Waals surface area (Å²) in [5.41, 5.74) is 5.60. The molecule has 0 spiro atoms. The molecule has 0 aromatic rings. The minimum Gasteiger partial charge on any atom is -0.351 e. The molecular weight excluding hydrogens is 224 g/mol. The zero-order chi connectivity index (χ0) is 12.3. The smallest absolute Gasteiger partial charge is 0.240 e. The molecule has 0 aromatic carbocycles. The number of amides is 1. The third-order valence-electron chi connectivity index (χ3n) is 6.44. The van der Waals surface area contributed by atoms with Gasteiger partial charge in [0.2, 0.25) is 5.91 Å². The van der Waals surface area contributed by atoms with Crippen LogP contribution in [0.2, 0.25) is 0 Å². The molecular formula is C15H24N2O. The fourth-order valence-electron chi connectivity index (χ4n) is 5.33. The number of nitrogens with two attached hydrogens (primary N) is 1. The lowest BCUT2D eigenvalue weighted by atomic mass is 9.75. The molecule has 18 heavy (non-hydrogen) atoms. The minimum absolute atomic E-state index is 0.140. The molecule has 4 aliphatic carbocycles. The van der Waals surface area contributed by atoms with E-state index < -0.39 is 5.54 Å². The average Bonchev–Trinajstić information content (AvgIpc) is 2.96. The molecule has 3 N–H and O–H groups in total. The van der Waals surface area contributed by atoms with Crippen LogP contribution in [-0.2, 0) is 4.79 Å². The molecule has 5 unspecified atom stereocenters. The van der Waals surface area contributed by atoms with Gasteiger partial charge in [0.15, 0.2) is 0 Å². The first kappa shape index (κ1) is 11.3. The predicted octanol–water partition coefficient (Wildman–Crippen LogP) is 1.81. The summed E-state index contributed by atoms with van der Waals surface area (Å²) in [6.45, 7) is 0. The molecule has 0 heterocycles. The van der Waals surface area contributed by atoms with Gasteiger partial charge in [-0.1, -0.05) is 6.42 Å². The first-order chi connectivity index (χ1) is 8.67. The highest BCUT2D eigenvalue weighted by atomic mass is 16.2. The Hall–Kier alpha value is -0.570. The number of fused-ring (bicyclic) bond motifs is 5. The standard InChI is InChI=1S/C15H24N2O/c16-15(5-2-6-15)14(18)17-13-8-9-7-12(13)11-4-1-3-10(9)11/h9-13H,1-8,16H2,(H,17,18). The van der Waals surface area contributed by atoms with Crippen molar-refractivity contribution in [2.24, 2.45) is 29.4 Å². The lowest BCUT2D eigenvalue weighted by molar-refractivity contribution is -0.130. The molecule has 100 valence electrons. The van der Waals surface area contributed by atoms with E-state index in [9.17, 15) is 4.79 Å². The molecule has 0 aliphatic heterocycles. The van der Waals surface area contributed by atoms with E-state index in [1.165, 1.54) is 32.1 Å². The maximum Gasteiger partial charge on any atom is 0.240 e. The van der Waals surface area contributed by atoms with Crippen LogP contribution in [0.4, 0.5) is 0 Å². The Bertz CT molecular complexity index is 377. The Morgan fingerprint density at radius 3 is 2.56 bits per heavy atom. The second-order valence-electron chi connectivity index (χ2n) is 7.24. The maximum atomic E-state index is 12.2. The van der Waals surface area contributed by atoms with Crippen molar-refractivity contribution in [2.45, 2.75) is 62.9 Å². The third kappa shape index (κ3) is 1.43. The van der Waals surface area contributed by atoms with Crippen molar-refractivity contribution in [2.75, 3.05) is 0 Å². The van der Waals surface area contributed by atoms with Crippen molar-refractivity contribution in [1.29, 1.82) is 0 Å². The normalized spacial score (nSPS) is 47.7. The summed E-state index contributed by atoms with van der Waals surface area (Å²) in [4.78, 5) is 12.2. The van der Waals surface area contributed by atoms with E-state index in [1.807, 2.05) is 0 Å². The van der Waals surface area contributed by atoms with E-state index in [1.54, 1.807) is 0 Å². The summed E-state index contributed by atoms with van der Waals surface area (Å²) < 4.78 is 0. The zero-order valence-corrected chi connectivity index (χ0v) is 11.0. The second-order valence-corrected chi connectivity index (χ2v) is 7.24. The molecule has 4 aliphatic rings. The van der Waals surface area contributed by atoms with Gasteiger partial charge in [-0.15, -0.1) is 0 Å². The molecule has 4 saturated carbocycles. The number of rotatable bonds is 2. The number of carbonyl (C=O) groups excluding carboxylic acids is 1. The molecule has 5 atom stereocenters. The van der Waals surface area contributed by atoms with Gasteiger partial charge >= 0.3 is 0 Å². The van der Waals surface area contributed by atoms with Gasteiger partial charge in [0.25, 0.3) is 0 Å². The molecule has 0 saturated heterocycles. The molecule has 4 fully saturated rings. The average molecular weight is 248 g/mol. The van der Waals surface area contributed by atoms with E-state index in [0.29, 0.717) is 6.04 Å². The van der Waals surface area contributed by atoms with Gasteiger partial charge in [-0.05, 0) is 68.6 Å². The van der Waals surface area contributed by atoms with Crippen LogP contribution in [0.5, 0.6) is 0 Å². The fraction of sp³-hybridized carbons (Fsp3) is 0.933. The van der Waals surface area contributed by atoms with E-state index in [-0.39, 0.29) is 5.91 Å². The fourth-order valence-corrected chi connectivity index (χ4v) is 5.33. The number of hydrogen-bond acceptors (Lipinski definition) is 2. The monoisotopic (exact) mass is 248 g/mol. The zero-order valence-electron chi connectivity index (χ0n) is 11.0. The van der Waals surface area contributed by atoms with Crippen molar-refractivity contribution >= 4 is 5.91 Å².